The summed E-state index contributed by atoms with van der Waals surface area (Å²) in [4.78, 5) is 22.6. The van der Waals surface area contributed by atoms with Gasteiger partial charge in [0.15, 0.2) is 0 Å². The van der Waals surface area contributed by atoms with Crippen LogP contribution in [0.5, 0.6) is 0 Å². The van der Waals surface area contributed by atoms with Crippen molar-refractivity contribution in [3.8, 4) is 0 Å². The van der Waals surface area contributed by atoms with E-state index in [9.17, 15) is 9.59 Å². The molecule has 0 aromatic heterocycles. The van der Waals surface area contributed by atoms with Gasteiger partial charge in [-0.25, -0.2) is 4.79 Å². The molecule has 1 atom stereocenters. The Morgan fingerprint density at radius 1 is 1.53 bits per heavy atom. The molecule has 86 valence electrons. The lowest BCUT2D eigenvalue weighted by molar-refractivity contribution is -0.147. The number of hydrogen-bond acceptors (Lipinski definition) is 3. The lowest BCUT2D eigenvalue weighted by atomic mass is 9.96. The monoisotopic (exact) mass is 231 g/mol. The first kappa shape index (κ1) is 12.4. The second kappa shape index (κ2) is 4.88. The molecule has 0 saturated heterocycles. The third kappa shape index (κ3) is 3.12. The van der Waals surface area contributed by atoms with Crippen LogP contribution in [-0.4, -0.2) is 34.5 Å². The molecule has 0 radical (unpaired) electrons. The van der Waals surface area contributed by atoms with E-state index >= 15 is 0 Å². The number of aliphatic carboxylic acids is 1. The lowest BCUT2D eigenvalue weighted by Gasteiger charge is -2.26. The zero-order chi connectivity index (χ0) is 11.5. The molecule has 0 spiro atoms. The van der Waals surface area contributed by atoms with E-state index in [0.29, 0.717) is 6.42 Å². The predicted molar refractivity (Wildman–Crippen MR) is 59.9 cm³/mol. The molecule has 0 heterocycles. The molecule has 0 aromatic rings. The van der Waals surface area contributed by atoms with Crippen molar-refractivity contribution in [2.24, 2.45) is 5.92 Å². The first-order chi connectivity index (χ1) is 7.00. The zero-order valence-electron chi connectivity index (χ0n) is 9.08. The Hall–Kier alpha value is -0.710. The standard InChI is InChI=1S/C10H17NO3S/c1-10(9(13)14,7-3-4-7)11-8(12)5-6-15-2/h7H,3-6H2,1-2H3,(H,11,12)(H,13,14). The topological polar surface area (TPSA) is 66.4 Å². The molecule has 1 aliphatic rings. The largest absolute Gasteiger partial charge is 0.480 e. The van der Waals surface area contributed by atoms with E-state index in [4.69, 9.17) is 5.11 Å². The second-order valence-corrected chi connectivity index (χ2v) is 5.06. The van der Waals surface area contributed by atoms with E-state index in [1.165, 1.54) is 0 Å². The highest BCUT2D eigenvalue weighted by atomic mass is 32.2. The Labute approximate surface area is 93.8 Å². The van der Waals surface area contributed by atoms with Crippen molar-refractivity contribution in [1.29, 1.82) is 0 Å². The fourth-order valence-corrected chi connectivity index (χ4v) is 1.93. The highest BCUT2D eigenvalue weighted by Crippen LogP contribution is 2.39. The fourth-order valence-electron chi connectivity index (χ4n) is 1.54. The minimum atomic E-state index is -1.06. The molecule has 1 amide bonds. The number of carbonyl (C=O) groups is 2. The summed E-state index contributed by atoms with van der Waals surface area (Å²) in [6, 6.07) is 0. The molecule has 15 heavy (non-hydrogen) atoms. The van der Waals surface area contributed by atoms with E-state index in [0.717, 1.165) is 18.6 Å². The van der Waals surface area contributed by atoms with Gasteiger partial charge < -0.3 is 10.4 Å². The maximum atomic E-state index is 11.5. The normalized spacial score (nSPS) is 19.3. The number of carbonyl (C=O) groups excluding carboxylic acids is 1. The highest BCUT2D eigenvalue weighted by molar-refractivity contribution is 7.98. The molecule has 1 rings (SSSR count). The molecule has 0 aromatic carbocycles. The van der Waals surface area contributed by atoms with Crippen LogP contribution in [0.1, 0.15) is 26.2 Å². The van der Waals surface area contributed by atoms with Gasteiger partial charge >= 0.3 is 5.97 Å². The van der Waals surface area contributed by atoms with Crippen molar-refractivity contribution in [2.75, 3.05) is 12.0 Å². The van der Waals surface area contributed by atoms with Gasteiger partial charge in [0.1, 0.15) is 5.54 Å². The van der Waals surface area contributed by atoms with Crippen LogP contribution in [-0.2, 0) is 9.59 Å². The van der Waals surface area contributed by atoms with Gasteiger partial charge in [0, 0.05) is 12.2 Å². The Balaban J connectivity index is 2.51. The van der Waals surface area contributed by atoms with Gasteiger partial charge in [-0.15, -0.1) is 0 Å². The van der Waals surface area contributed by atoms with Gasteiger partial charge in [-0.3, -0.25) is 4.79 Å². The van der Waals surface area contributed by atoms with Crippen LogP contribution in [0, 0.1) is 5.92 Å². The maximum Gasteiger partial charge on any atom is 0.329 e. The third-order valence-electron chi connectivity index (χ3n) is 2.77. The molecular weight excluding hydrogens is 214 g/mol. The SMILES string of the molecule is CSCCC(=O)NC(C)(C(=O)O)C1CC1. The highest BCUT2D eigenvalue weighted by Gasteiger charge is 2.48. The van der Waals surface area contributed by atoms with Crippen LogP contribution >= 0.6 is 11.8 Å². The summed E-state index contributed by atoms with van der Waals surface area (Å²) in [5.41, 5.74) is -1.06. The zero-order valence-corrected chi connectivity index (χ0v) is 9.89. The molecule has 1 saturated carbocycles. The van der Waals surface area contributed by atoms with Crippen LogP contribution in [0.4, 0.5) is 0 Å². The van der Waals surface area contributed by atoms with Crippen molar-refractivity contribution >= 4 is 23.6 Å². The van der Waals surface area contributed by atoms with E-state index in [-0.39, 0.29) is 11.8 Å². The number of carboxylic acids is 1. The Bertz CT molecular complexity index is 265. The van der Waals surface area contributed by atoms with Crippen LogP contribution in [0.2, 0.25) is 0 Å². The summed E-state index contributed by atoms with van der Waals surface area (Å²) in [6.07, 6.45) is 4.10. The Morgan fingerprint density at radius 3 is 2.53 bits per heavy atom. The average molecular weight is 231 g/mol. The number of carboxylic acid groups (broad SMARTS) is 1. The quantitative estimate of drug-likeness (QED) is 0.718. The summed E-state index contributed by atoms with van der Waals surface area (Å²) in [7, 11) is 0. The second-order valence-electron chi connectivity index (χ2n) is 4.07. The number of rotatable bonds is 6. The van der Waals surface area contributed by atoms with E-state index < -0.39 is 11.5 Å². The van der Waals surface area contributed by atoms with Crippen molar-refractivity contribution < 1.29 is 14.7 Å². The Morgan fingerprint density at radius 2 is 2.13 bits per heavy atom. The van der Waals surface area contributed by atoms with Crippen LogP contribution in [0.25, 0.3) is 0 Å². The van der Waals surface area contributed by atoms with E-state index in [1.54, 1.807) is 18.7 Å². The summed E-state index contributed by atoms with van der Waals surface area (Å²) in [6.45, 7) is 1.60. The Kier molecular flexibility index (Phi) is 4.02. The average Bonchev–Trinajstić information content (AvgIpc) is 2.97. The number of hydrogen-bond donors (Lipinski definition) is 2. The van der Waals surface area contributed by atoms with Crippen molar-refractivity contribution in [2.45, 2.75) is 31.7 Å². The summed E-state index contributed by atoms with van der Waals surface area (Å²) in [5.74, 6) is -0.261. The molecule has 4 nitrogen and oxygen atoms in total. The molecule has 5 heteroatoms. The summed E-state index contributed by atoms with van der Waals surface area (Å²) in [5, 5.41) is 11.7. The molecule has 1 aliphatic carbocycles. The van der Waals surface area contributed by atoms with Crippen molar-refractivity contribution in [3.63, 3.8) is 0 Å². The number of nitrogens with one attached hydrogen (secondary N) is 1. The minimum Gasteiger partial charge on any atom is -0.480 e. The molecular formula is C10H17NO3S. The number of amides is 1. The van der Waals surface area contributed by atoms with Gasteiger partial charge in [0.2, 0.25) is 5.91 Å². The molecule has 1 unspecified atom stereocenters. The van der Waals surface area contributed by atoms with Gasteiger partial charge in [-0.05, 0) is 31.9 Å². The van der Waals surface area contributed by atoms with Crippen LogP contribution < -0.4 is 5.32 Å². The first-order valence-electron chi connectivity index (χ1n) is 5.04. The van der Waals surface area contributed by atoms with Gasteiger partial charge in [-0.2, -0.15) is 11.8 Å². The van der Waals surface area contributed by atoms with Crippen molar-refractivity contribution in [3.05, 3.63) is 0 Å². The smallest absolute Gasteiger partial charge is 0.329 e. The van der Waals surface area contributed by atoms with Crippen LogP contribution in [0.15, 0.2) is 0 Å². The number of thioether (sulfide) groups is 1. The summed E-state index contributed by atoms with van der Waals surface area (Å²) < 4.78 is 0. The maximum absolute atomic E-state index is 11.5. The van der Waals surface area contributed by atoms with Crippen LogP contribution in [0.3, 0.4) is 0 Å². The minimum absolute atomic E-state index is 0.105. The van der Waals surface area contributed by atoms with E-state index in [2.05, 4.69) is 5.32 Å². The first-order valence-corrected chi connectivity index (χ1v) is 6.43. The molecule has 1 fully saturated rings. The third-order valence-corrected chi connectivity index (χ3v) is 3.38. The molecule has 2 N–H and O–H groups in total. The predicted octanol–water partition coefficient (Wildman–Crippen LogP) is 1.11. The summed E-state index contributed by atoms with van der Waals surface area (Å²) >= 11 is 1.58. The fraction of sp³-hybridized carbons (Fsp3) is 0.800. The van der Waals surface area contributed by atoms with Gasteiger partial charge in [0.25, 0.3) is 0 Å². The van der Waals surface area contributed by atoms with E-state index in [1.807, 2.05) is 6.26 Å². The van der Waals surface area contributed by atoms with Gasteiger partial charge in [-0.1, -0.05) is 0 Å². The van der Waals surface area contributed by atoms with Gasteiger partial charge in [0.05, 0.1) is 0 Å². The molecule has 0 bridgehead atoms. The van der Waals surface area contributed by atoms with Crippen molar-refractivity contribution in [1.82, 2.24) is 5.32 Å². The lowest BCUT2D eigenvalue weighted by Crippen LogP contribution is -2.54. The molecule has 0 aliphatic heterocycles.